The number of nitrogens with one attached hydrogen (secondary N) is 2. The van der Waals surface area contributed by atoms with Gasteiger partial charge in [0, 0.05) is 39.1 Å². The first-order valence-electron chi connectivity index (χ1n) is 28.0. The zero-order valence-electron chi connectivity index (χ0n) is 45.7. The molecular formula is C56H108N4O8. The third-order valence-corrected chi connectivity index (χ3v) is 12.1. The van der Waals surface area contributed by atoms with Crippen molar-refractivity contribution in [2.45, 2.75) is 285 Å². The van der Waals surface area contributed by atoms with Gasteiger partial charge in [0.25, 0.3) is 0 Å². The van der Waals surface area contributed by atoms with E-state index in [-0.39, 0.29) is 25.2 Å². The number of hydrogen-bond acceptors (Lipinski definition) is 8. The summed E-state index contributed by atoms with van der Waals surface area (Å²) in [4.78, 5) is 55.9. The molecule has 12 nitrogen and oxygen atoms in total. The lowest BCUT2D eigenvalue weighted by Crippen LogP contribution is -2.48. The van der Waals surface area contributed by atoms with E-state index >= 15 is 0 Å². The molecule has 3 N–H and O–H groups in total. The number of carbonyl (C=O) groups is 4. The van der Waals surface area contributed by atoms with Crippen molar-refractivity contribution in [2.24, 2.45) is 0 Å². The van der Waals surface area contributed by atoms with Crippen LogP contribution in [-0.4, -0.2) is 102 Å². The quantitative estimate of drug-likeness (QED) is 0.0311. The molecule has 0 saturated heterocycles. The summed E-state index contributed by atoms with van der Waals surface area (Å²) < 4.78 is 17.2. The number of nitrogens with zero attached hydrogens (tertiary/aromatic N) is 2. The van der Waals surface area contributed by atoms with E-state index in [1.165, 1.54) is 122 Å². The highest BCUT2D eigenvalue weighted by Gasteiger charge is 2.26. The summed E-state index contributed by atoms with van der Waals surface area (Å²) in [7, 11) is 0. The van der Waals surface area contributed by atoms with E-state index in [9.17, 15) is 24.3 Å². The maximum atomic E-state index is 13.3. The molecule has 68 heavy (non-hydrogen) atoms. The highest BCUT2D eigenvalue weighted by Crippen LogP contribution is 2.17. The molecule has 400 valence electrons. The van der Waals surface area contributed by atoms with Gasteiger partial charge in [-0.15, -0.1) is 0 Å². The Balaban J connectivity index is 5.29. The van der Waals surface area contributed by atoms with E-state index in [0.29, 0.717) is 51.9 Å². The fourth-order valence-corrected chi connectivity index (χ4v) is 8.05. The molecule has 0 aliphatic carbocycles. The Morgan fingerprint density at radius 3 is 1.31 bits per heavy atom. The number of hydrogen-bond donors (Lipinski definition) is 3. The van der Waals surface area contributed by atoms with Crippen molar-refractivity contribution in [2.75, 3.05) is 39.3 Å². The standard InChI is InChI=1S/C56H108N4O8/c1-10-13-16-18-20-22-24-26-28-30-32-34-36-41-50(49(48-61)58-51(62)42-37-35-33-31-29-27-25-23-21-19-17-14-11-2)66-52(63)57-43-40-47-60(54(65)68-56(7,8)9)46-39-38-45-59(44-15-12-3)53(64)67-55(4,5)6/h36,41,49-50,61H,10-35,37-40,42-48H2,1-9H3,(H,57,63)(H,58,62)/b41-36+/t49-,50+/m0/s1. The molecule has 0 spiro atoms. The number of aliphatic hydroxyl groups excluding tert-OH is 1. The Morgan fingerprint density at radius 2 is 0.897 bits per heavy atom. The molecule has 0 aliphatic heterocycles. The first-order chi connectivity index (χ1) is 32.6. The van der Waals surface area contributed by atoms with Crippen molar-refractivity contribution >= 4 is 24.2 Å². The lowest BCUT2D eigenvalue weighted by atomic mass is 10.0. The number of unbranched alkanes of at least 4 members (excludes halogenated alkanes) is 25. The Kier molecular flexibility index (Phi) is 40.9. The number of alkyl carbamates (subject to hydrolysis) is 1. The molecule has 0 aromatic carbocycles. The Morgan fingerprint density at radius 1 is 0.515 bits per heavy atom. The number of rotatable bonds is 43. The molecule has 0 heterocycles. The van der Waals surface area contributed by atoms with Crippen LogP contribution in [0.1, 0.15) is 261 Å². The molecule has 2 atom stereocenters. The van der Waals surface area contributed by atoms with Crippen LogP contribution in [-0.2, 0) is 19.0 Å². The molecule has 0 aromatic heterocycles. The summed E-state index contributed by atoms with van der Waals surface area (Å²) in [6.07, 6.45) is 36.2. The van der Waals surface area contributed by atoms with Crippen molar-refractivity contribution in [3.8, 4) is 0 Å². The smallest absolute Gasteiger partial charge is 0.410 e. The minimum absolute atomic E-state index is 0.152. The third-order valence-electron chi connectivity index (χ3n) is 12.1. The average molecular weight is 965 g/mol. The van der Waals surface area contributed by atoms with Crippen LogP contribution in [0.5, 0.6) is 0 Å². The van der Waals surface area contributed by atoms with E-state index in [2.05, 4.69) is 31.4 Å². The van der Waals surface area contributed by atoms with E-state index in [4.69, 9.17) is 14.2 Å². The second-order valence-electron chi connectivity index (χ2n) is 21.2. The summed E-state index contributed by atoms with van der Waals surface area (Å²) in [5.41, 5.74) is -1.26. The zero-order chi connectivity index (χ0) is 50.7. The second kappa shape index (κ2) is 42.8. The summed E-state index contributed by atoms with van der Waals surface area (Å²) in [5.74, 6) is -0.152. The minimum atomic E-state index is -0.848. The van der Waals surface area contributed by atoms with Gasteiger partial charge in [-0.2, -0.15) is 0 Å². The predicted molar refractivity (Wildman–Crippen MR) is 282 cm³/mol. The number of carbonyl (C=O) groups excluding carboxylic acids is 4. The van der Waals surface area contributed by atoms with Crippen molar-refractivity contribution in [3.63, 3.8) is 0 Å². The lowest BCUT2D eigenvalue weighted by Gasteiger charge is -2.29. The van der Waals surface area contributed by atoms with E-state index in [1.807, 2.05) is 47.6 Å². The van der Waals surface area contributed by atoms with Gasteiger partial charge < -0.3 is 39.8 Å². The lowest BCUT2D eigenvalue weighted by molar-refractivity contribution is -0.123. The maximum Gasteiger partial charge on any atom is 0.410 e. The van der Waals surface area contributed by atoms with Gasteiger partial charge in [0.05, 0.1) is 12.6 Å². The molecule has 0 bridgehead atoms. The molecule has 12 heteroatoms. The van der Waals surface area contributed by atoms with Crippen molar-refractivity contribution < 1.29 is 38.5 Å². The molecule has 0 fully saturated rings. The Hall–Kier alpha value is -3.02. The van der Waals surface area contributed by atoms with Crippen LogP contribution in [0.25, 0.3) is 0 Å². The molecule has 0 rings (SSSR count). The molecule has 0 saturated carbocycles. The molecule has 0 radical (unpaired) electrons. The first-order valence-corrected chi connectivity index (χ1v) is 28.0. The van der Waals surface area contributed by atoms with Gasteiger partial charge in [-0.25, -0.2) is 14.4 Å². The largest absolute Gasteiger partial charge is 0.444 e. The van der Waals surface area contributed by atoms with Crippen LogP contribution in [0.2, 0.25) is 0 Å². The van der Waals surface area contributed by atoms with Crippen LogP contribution >= 0.6 is 0 Å². The van der Waals surface area contributed by atoms with Crippen LogP contribution in [0.15, 0.2) is 12.2 Å². The van der Waals surface area contributed by atoms with Gasteiger partial charge in [-0.3, -0.25) is 4.79 Å². The van der Waals surface area contributed by atoms with Gasteiger partial charge in [0.2, 0.25) is 5.91 Å². The summed E-state index contributed by atoms with van der Waals surface area (Å²) >= 11 is 0. The van der Waals surface area contributed by atoms with Gasteiger partial charge in [0.15, 0.2) is 0 Å². The summed E-state index contributed by atoms with van der Waals surface area (Å²) in [5, 5.41) is 16.2. The predicted octanol–water partition coefficient (Wildman–Crippen LogP) is 14.7. The molecule has 0 aliphatic rings. The van der Waals surface area contributed by atoms with Crippen molar-refractivity contribution in [1.82, 2.24) is 20.4 Å². The molecule has 4 amide bonds. The third kappa shape index (κ3) is 40.8. The van der Waals surface area contributed by atoms with Crippen LogP contribution in [0, 0.1) is 0 Å². The maximum absolute atomic E-state index is 13.3. The molecular weight excluding hydrogens is 857 g/mol. The van der Waals surface area contributed by atoms with Crippen molar-refractivity contribution in [3.05, 3.63) is 12.2 Å². The normalized spacial score (nSPS) is 12.7. The Bertz CT molecular complexity index is 1270. The SMILES string of the molecule is CCCCCCCCCCCCC/C=C/[C@@H](OC(=O)NCCCN(CCCCN(CCCC)C(=O)OC(C)(C)C)C(=O)OC(C)(C)C)[C@H](CO)NC(=O)CCCCCCCCCCCCCCC. The van der Waals surface area contributed by atoms with Gasteiger partial charge in [-0.05, 0) is 92.6 Å². The van der Waals surface area contributed by atoms with E-state index < -0.39 is 35.5 Å². The minimum Gasteiger partial charge on any atom is -0.444 e. The number of allylic oxidation sites excluding steroid dienone is 1. The number of amides is 4. The van der Waals surface area contributed by atoms with Crippen LogP contribution in [0.3, 0.4) is 0 Å². The summed E-state index contributed by atoms with van der Waals surface area (Å²) in [6.45, 7) is 19.5. The highest BCUT2D eigenvalue weighted by molar-refractivity contribution is 5.76. The fourth-order valence-electron chi connectivity index (χ4n) is 8.05. The number of aliphatic hydroxyl groups is 1. The fraction of sp³-hybridized carbons (Fsp3) is 0.893. The number of ether oxygens (including phenoxy) is 3. The van der Waals surface area contributed by atoms with E-state index in [0.717, 1.165) is 51.4 Å². The van der Waals surface area contributed by atoms with Crippen molar-refractivity contribution in [1.29, 1.82) is 0 Å². The monoisotopic (exact) mass is 965 g/mol. The zero-order valence-corrected chi connectivity index (χ0v) is 45.7. The topological polar surface area (TPSA) is 147 Å². The molecule has 0 unspecified atom stereocenters. The van der Waals surface area contributed by atoms with E-state index in [1.54, 1.807) is 15.9 Å². The van der Waals surface area contributed by atoms with Gasteiger partial charge >= 0.3 is 18.3 Å². The Labute approximate surface area is 418 Å². The second-order valence-corrected chi connectivity index (χ2v) is 21.2. The molecule has 0 aromatic rings. The average Bonchev–Trinajstić information content (AvgIpc) is 3.27. The van der Waals surface area contributed by atoms with Gasteiger partial charge in [0.1, 0.15) is 17.3 Å². The summed E-state index contributed by atoms with van der Waals surface area (Å²) in [6, 6.07) is -0.778. The highest BCUT2D eigenvalue weighted by atomic mass is 16.6. The first kappa shape index (κ1) is 65.0. The van der Waals surface area contributed by atoms with Gasteiger partial charge in [-0.1, -0.05) is 175 Å². The van der Waals surface area contributed by atoms with Crippen LogP contribution in [0.4, 0.5) is 14.4 Å². The van der Waals surface area contributed by atoms with Crippen LogP contribution < -0.4 is 10.6 Å².